The van der Waals surface area contributed by atoms with Crippen LogP contribution in [0.25, 0.3) is 0 Å². The fourth-order valence-corrected chi connectivity index (χ4v) is 3.33. The Hall–Kier alpha value is -0.0600. The van der Waals surface area contributed by atoms with E-state index in [0.717, 1.165) is 28.8 Å². The minimum Gasteiger partial charge on any atom is -0.299 e. The molecule has 82 valence electrons. The Labute approximate surface area is 102 Å². The van der Waals surface area contributed by atoms with E-state index in [1.54, 1.807) is 11.8 Å². The summed E-state index contributed by atoms with van der Waals surface area (Å²) in [5, 5.41) is 3.38. The number of benzene rings is 1. The summed E-state index contributed by atoms with van der Waals surface area (Å²) >= 11 is 5.04. The molecule has 4 heteroatoms. The van der Waals surface area contributed by atoms with E-state index in [2.05, 4.69) is 21.2 Å². The summed E-state index contributed by atoms with van der Waals surface area (Å²) in [7, 11) is 0. The molecule has 0 radical (unpaired) electrons. The van der Waals surface area contributed by atoms with Crippen LogP contribution in [0.1, 0.15) is 18.9 Å². The lowest BCUT2D eigenvalue weighted by Crippen LogP contribution is -2.41. The second kappa shape index (κ2) is 4.44. The van der Waals surface area contributed by atoms with Crippen molar-refractivity contribution in [3.63, 3.8) is 0 Å². The minimum atomic E-state index is -0.275. The number of nitrogens with one attached hydrogen (secondary N) is 1. The molecule has 1 aromatic rings. The standard InChI is InChI=1S/C11H13BrFNS/c1-11(14-5-2-6-15-11)9-4-3-8(12)7-10(9)13/h3-4,7,14H,2,5-6H2,1H3. The summed E-state index contributed by atoms with van der Waals surface area (Å²) in [5.41, 5.74) is 0.746. The molecule has 0 spiro atoms. The van der Waals surface area contributed by atoms with Gasteiger partial charge in [-0.3, -0.25) is 5.32 Å². The van der Waals surface area contributed by atoms with E-state index in [9.17, 15) is 4.39 Å². The van der Waals surface area contributed by atoms with Crippen molar-refractivity contribution in [2.24, 2.45) is 0 Å². The van der Waals surface area contributed by atoms with Gasteiger partial charge >= 0.3 is 0 Å². The molecule has 1 saturated heterocycles. The zero-order chi connectivity index (χ0) is 10.9. The topological polar surface area (TPSA) is 12.0 Å². The van der Waals surface area contributed by atoms with Gasteiger partial charge in [-0.1, -0.05) is 22.0 Å². The summed E-state index contributed by atoms with van der Waals surface area (Å²) in [4.78, 5) is -0.275. The van der Waals surface area contributed by atoms with Crippen molar-refractivity contribution < 1.29 is 4.39 Å². The molecule has 0 amide bonds. The summed E-state index contributed by atoms with van der Waals surface area (Å²) < 4.78 is 14.6. The third kappa shape index (κ3) is 2.37. The van der Waals surface area contributed by atoms with Gasteiger partial charge in [0.25, 0.3) is 0 Å². The monoisotopic (exact) mass is 289 g/mol. The molecule has 1 aromatic carbocycles. The van der Waals surface area contributed by atoms with Crippen molar-refractivity contribution in [1.29, 1.82) is 0 Å². The Balaban J connectivity index is 2.35. The van der Waals surface area contributed by atoms with Crippen LogP contribution >= 0.6 is 27.7 Å². The minimum absolute atomic E-state index is 0.145. The first kappa shape index (κ1) is 11.4. The lowest BCUT2D eigenvalue weighted by molar-refractivity contribution is 0.477. The molecule has 1 atom stereocenters. The quantitative estimate of drug-likeness (QED) is 0.849. The van der Waals surface area contributed by atoms with Gasteiger partial charge in [-0.15, -0.1) is 11.8 Å². The van der Waals surface area contributed by atoms with Gasteiger partial charge in [-0.05, 0) is 37.8 Å². The van der Waals surface area contributed by atoms with E-state index >= 15 is 0 Å². The van der Waals surface area contributed by atoms with E-state index in [1.807, 2.05) is 19.1 Å². The SMILES string of the molecule is CC1(c2ccc(Br)cc2F)NCCCS1. The highest BCUT2D eigenvalue weighted by atomic mass is 79.9. The van der Waals surface area contributed by atoms with Gasteiger partial charge in [-0.2, -0.15) is 0 Å². The summed E-state index contributed by atoms with van der Waals surface area (Å²) in [6.07, 6.45) is 1.15. The average molecular weight is 290 g/mol. The van der Waals surface area contributed by atoms with Crippen LogP contribution < -0.4 is 5.32 Å². The van der Waals surface area contributed by atoms with Crippen molar-refractivity contribution >= 4 is 27.7 Å². The Morgan fingerprint density at radius 1 is 1.53 bits per heavy atom. The van der Waals surface area contributed by atoms with Gasteiger partial charge in [0.05, 0.1) is 4.87 Å². The van der Waals surface area contributed by atoms with Crippen molar-refractivity contribution in [2.75, 3.05) is 12.3 Å². The predicted molar refractivity (Wildman–Crippen MR) is 66.5 cm³/mol. The second-order valence-electron chi connectivity index (χ2n) is 3.79. The van der Waals surface area contributed by atoms with Crippen LogP contribution in [-0.2, 0) is 4.87 Å². The smallest absolute Gasteiger partial charge is 0.130 e. The van der Waals surface area contributed by atoms with Gasteiger partial charge < -0.3 is 0 Å². The van der Waals surface area contributed by atoms with Crippen LogP contribution in [0.3, 0.4) is 0 Å². The van der Waals surface area contributed by atoms with Gasteiger partial charge in [-0.25, -0.2) is 4.39 Å². The van der Waals surface area contributed by atoms with Crippen molar-refractivity contribution in [3.8, 4) is 0 Å². The highest BCUT2D eigenvalue weighted by molar-refractivity contribution is 9.10. The fraction of sp³-hybridized carbons (Fsp3) is 0.455. The van der Waals surface area contributed by atoms with Crippen LogP contribution in [-0.4, -0.2) is 12.3 Å². The molecule has 0 bridgehead atoms. The molecule has 1 aliphatic heterocycles. The van der Waals surface area contributed by atoms with Crippen LogP contribution in [0.2, 0.25) is 0 Å². The van der Waals surface area contributed by atoms with Gasteiger partial charge in [0.1, 0.15) is 5.82 Å². The Bertz CT molecular complexity index is 364. The van der Waals surface area contributed by atoms with E-state index in [-0.39, 0.29) is 10.7 Å². The van der Waals surface area contributed by atoms with Crippen LogP contribution in [0, 0.1) is 5.82 Å². The van der Waals surface area contributed by atoms with Crippen molar-refractivity contribution in [1.82, 2.24) is 5.32 Å². The molecule has 1 aliphatic rings. The zero-order valence-corrected chi connectivity index (χ0v) is 10.9. The Kier molecular flexibility index (Phi) is 3.38. The zero-order valence-electron chi connectivity index (χ0n) is 8.52. The highest BCUT2D eigenvalue weighted by Gasteiger charge is 2.31. The van der Waals surface area contributed by atoms with E-state index in [0.29, 0.717) is 0 Å². The molecule has 1 unspecified atom stereocenters. The Morgan fingerprint density at radius 3 is 2.93 bits per heavy atom. The fourth-order valence-electron chi connectivity index (χ4n) is 1.78. The highest BCUT2D eigenvalue weighted by Crippen LogP contribution is 2.38. The number of hydrogen-bond donors (Lipinski definition) is 1. The van der Waals surface area contributed by atoms with E-state index < -0.39 is 0 Å². The molecule has 0 aliphatic carbocycles. The Morgan fingerprint density at radius 2 is 2.33 bits per heavy atom. The first-order chi connectivity index (χ1) is 7.12. The molecule has 1 fully saturated rings. The van der Waals surface area contributed by atoms with Gasteiger partial charge in [0.15, 0.2) is 0 Å². The first-order valence-corrected chi connectivity index (χ1v) is 6.74. The molecule has 15 heavy (non-hydrogen) atoms. The van der Waals surface area contributed by atoms with E-state index in [4.69, 9.17) is 0 Å². The number of thioether (sulfide) groups is 1. The van der Waals surface area contributed by atoms with E-state index in [1.165, 1.54) is 6.07 Å². The number of rotatable bonds is 1. The molecular weight excluding hydrogens is 277 g/mol. The summed E-state index contributed by atoms with van der Waals surface area (Å²) in [6, 6.07) is 5.27. The van der Waals surface area contributed by atoms with Crippen molar-refractivity contribution in [3.05, 3.63) is 34.1 Å². The van der Waals surface area contributed by atoms with Crippen LogP contribution in [0.5, 0.6) is 0 Å². The number of halogens is 2. The predicted octanol–water partition coefficient (Wildman–Crippen LogP) is 3.49. The summed E-state index contributed by atoms with van der Waals surface area (Å²) in [6.45, 7) is 3.00. The average Bonchev–Trinajstić information content (AvgIpc) is 2.18. The maximum Gasteiger partial charge on any atom is 0.130 e. The molecule has 1 nitrogen and oxygen atoms in total. The first-order valence-electron chi connectivity index (χ1n) is 4.96. The van der Waals surface area contributed by atoms with Crippen LogP contribution in [0.4, 0.5) is 4.39 Å². The molecule has 0 aromatic heterocycles. The molecular formula is C11H13BrFNS. The maximum absolute atomic E-state index is 13.8. The second-order valence-corrected chi connectivity index (χ2v) is 6.22. The molecule has 1 heterocycles. The van der Waals surface area contributed by atoms with Gasteiger partial charge in [0, 0.05) is 10.0 Å². The molecule has 1 N–H and O–H groups in total. The molecule has 2 rings (SSSR count). The van der Waals surface area contributed by atoms with Gasteiger partial charge in [0.2, 0.25) is 0 Å². The lowest BCUT2D eigenvalue weighted by Gasteiger charge is -2.35. The van der Waals surface area contributed by atoms with Crippen molar-refractivity contribution in [2.45, 2.75) is 18.2 Å². The largest absolute Gasteiger partial charge is 0.299 e. The lowest BCUT2D eigenvalue weighted by atomic mass is 10.1. The molecule has 0 saturated carbocycles. The third-order valence-corrected chi connectivity index (χ3v) is 4.55. The summed E-state index contributed by atoms with van der Waals surface area (Å²) in [5.74, 6) is 0.938. The van der Waals surface area contributed by atoms with Crippen LogP contribution in [0.15, 0.2) is 22.7 Å². The normalized spacial score (nSPS) is 26.6. The third-order valence-electron chi connectivity index (χ3n) is 2.62. The number of hydrogen-bond acceptors (Lipinski definition) is 2. The maximum atomic E-state index is 13.8.